The molecule has 212 valence electrons. The van der Waals surface area contributed by atoms with E-state index in [1.807, 2.05) is 18.2 Å². The van der Waals surface area contributed by atoms with Crippen LogP contribution in [-0.2, 0) is 16.6 Å². The summed E-state index contributed by atoms with van der Waals surface area (Å²) >= 11 is 0. The van der Waals surface area contributed by atoms with Crippen molar-refractivity contribution < 1.29 is 12.8 Å². The second kappa shape index (κ2) is 9.94. The SMILES string of the molecule is CS(=O)(=O)NCc1cc(F)cc(-c2nccc3[nH]c(-c4n[nH]c5ccc(-c6cncc(N7CC(N)C7)n6)cc45)nc23)c1. The Morgan fingerprint density at radius 2 is 1.90 bits per heavy atom. The first-order valence-corrected chi connectivity index (χ1v) is 15.0. The lowest BCUT2D eigenvalue weighted by molar-refractivity contribution is 0.514. The van der Waals surface area contributed by atoms with Crippen LogP contribution < -0.4 is 15.4 Å². The molecule has 42 heavy (non-hydrogen) atoms. The molecule has 1 saturated heterocycles. The second-order valence-corrected chi connectivity index (χ2v) is 12.2. The highest BCUT2D eigenvalue weighted by Crippen LogP contribution is 2.33. The lowest BCUT2D eigenvalue weighted by atomic mass is 10.1. The van der Waals surface area contributed by atoms with Crippen LogP contribution in [0.3, 0.4) is 0 Å². The van der Waals surface area contributed by atoms with E-state index in [1.54, 1.807) is 30.7 Å². The number of aromatic nitrogens is 7. The van der Waals surface area contributed by atoms with Crippen LogP contribution in [-0.4, -0.2) is 68.9 Å². The summed E-state index contributed by atoms with van der Waals surface area (Å²) in [6, 6.07) is 12.1. The predicted molar refractivity (Wildman–Crippen MR) is 157 cm³/mol. The van der Waals surface area contributed by atoms with Crippen molar-refractivity contribution >= 4 is 37.8 Å². The molecule has 1 aliphatic heterocycles. The maximum Gasteiger partial charge on any atom is 0.209 e. The number of hydrogen-bond acceptors (Lipinski definition) is 9. The van der Waals surface area contributed by atoms with Gasteiger partial charge in [0.2, 0.25) is 10.0 Å². The number of pyridine rings is 1. The number of anilines is 1. The molecule has 1 aliphatic rings. The number of fused-ring (bicyclic) bond motifs is 2. The lowest BCUT2D eigenvalue weighted by Gasteiger charge is -2.37. The molecule has 4 aromatic heterocycles. The molecule has 14 heteroatoms. The van der Waals surface area contributed by atoms with Crippen LogP contribution in [0.1, 0.15) is 5.56 Å². The molecule has 12 nitrogen and oxygen atoms in total. The molecule has 0 amide bonds. The average molecular weight is 585 g/mol. The van der Waals surface area contributed by atoms with Gasteiger partial charge in [-0.2, -0.15) is 5.10 Å². The summed E-state index contributed by atoms with van der Waals surface area (Å²) in [4.78, 5) is 23.9. The molecule has 5 N–H and O–H groups in total. The zero-order valence-corrected chi connectivity index (χ0v) is 23.2. The molecule has 0 saturated carbocycles. The number of sulfonamides is 1. The largest absolute Gasteiger partial charge is 0.352 e. The van der Waals surface area contributed by atoms with Gasteiger partial charge in [0.25, 0.3) is 0 Å². The van der Waals surface area contributed by atoms with E-state index in [2.05, 4.69) is 34.8 Å². The number of H-pyrrole nitrogens is 2. The predicted octanol–water partition coefficient (Wildman–Crippen LogP) is 2.96. The third-order valence-corrected chi connectivity index (χ3v) is 7.78. The first-order chi connectivity index (χ1) is 20.2. The molecule has 1 fully saturated rings. The fourth-order valence-electron chi connectivity index (χ4n) is 5.06. The molecule has 7 rings (SSSR count). The number of imidazole rings is 1. The van der Waals surface area contributed by atoms with Crippen molar-refractivity contribution in [3.8, 4) is 34.0 Å². The third kappa shape index (κ3) is 4.95. The van der Waals surface area contributed by atoms with Crippen LogP contribution in [0.4, 0.5) is 10.2 Å². The second-order valence-electron chi connectivity index (χ2n) is 10.3. The maximum atomic E-state index is 14.6. The van der Waals surface area contributed by atoms with E-state index in [4.69, 9.17) is 15.7 Å². The fourth-order valence-corrected chi connectivity index (χ4v) is 5.49. The number of aromatic amines is 2. The number of nitrogens with one attached hydrogen (secondary N) is 3. The number of rotatable bonds is 7. The topological polar surface area (TPSA) is 171 Å². The Morgan fingerprint density at radius 1 is 1.05 bits per heavy atom. The van der Waals surface area contributed by atoms with Crippen molar-refractivity contribution in [1.29, 1.82) is 0 Å². The van der Waals surface area contributed by atoms with Crippen LogP contribution in [0.15, 0.2) is 61.1 Å². The van der Waals surface area contributed by atoms with Gasteiger partial charge in [-0.15, -0.1) is 0 Å². The molecule has 2 aromatic carbocycles. The average Bonchev–Trinajstić information content (AvgIpc) is 3.57. The Morgan fingerprint density at radius 3 is 2.71 bits per heavy atom. The van der Waals surface area contributed by atoms with Crippen molar-refractivity contribution in [1.82, 2.24) is 39.8 Å². The number of halogens is 1. The van der Waals surface area contributed by atoms with Crippen LogP contribution in [0, 0.1) is 5.82 Å². The van der Waals surface area contributed by atoms with Crippen LogP contribution in [0.2, 0.25) is 0 Å². The number of hydrogen-bond donors (Lipinski definition) is 4. The third-order valence-electron chi connectivity index (χ3n) is 7.11. The zero-order valence-electron chi connectivity index (χ0n) is 22.3. The van der Waals surface area contributed by atoms with E-state index in [1.165, 1.54) is 12.1 Å². The molecule has 0 bridgehead atoms. The van der Waals surface area contributed by atoms with Gasteiger partial charge in [0.15, 0.2) is 5.82 Å². The minimum Gasteiger partial charge on any atom is -0.352 e. The normalized spacial score (nSPS) is 14.1. The summed E-state index contributed by atoms with van der Waals surface area (Å²) in [6.07, 6.45) is 6.12. The smallest absolute Gasteiger partial charge is 0.209 e. The van der Waals surface area contributed by atoms with E-state index >= 15 is 0 Å². The standard InChI is InChI=1S/C28H25FN10O2S/c1-42(40,41)33-10-15-6-17(8-18(29)7-15)25-27-22(4-5-32-25)35-28(36-27)26-20-9-16(2-3-21(20)37-38-26)23-11-31-12-24(34-23)39-13-19(30)14-39/h2-9,11-12,19,33H,10,13-14,30H2,1H3,(H,35,36)(H,37,38). The van der Waals surface area contributed by atoms with Gasteiger partial charge in [-0.05, 0) is 42.0 Å². The molecular formula is C28H25FN10O2S. The Kier molecular flexibility index (Phi) is 6.18. The van der Waals surface area contributed by atoms with E-state index in [-0.39, 0.29) is 12.6 Å². The Hall–Kier alpha value is -4.79. The van der Waals surface area contributed by atoms with Crippen molar-refractivity contribution in [2.75, 3.05) is 24.2 Å². The van der Waals surface area contributed by atoms with Crippen LogP contribution in [0.25, 0.3) is 56.0 Å². The quantitative estimate of drug-likeness (QED) is 0.220. The summed E-state index contributed by atoms with van der Waals surface area (Å²) < 4.78 is 40.0. The Bertz CT molecular complexity index is 2090. The number of benzene rings is 2. The number of nitrogens with zero attached hydrogens (tertiary/aromatic N) is 6. The molecule has 0 aliphatic carbocycles. The Balaban J connectivity index is 1.26. The molecule has 5 heterocycles. The van der Waals surface area contributed by atoms with Crippen LogP contribution >= 0.6 is 0 Å². The van der Waals surface area contributed by atoms with Crippen molar-refractivity contribution in [3.63, 3.8) is 0 Å². The zero-order chi connectivity index (χ0) is 29.0. The molecule has 0 spiro atoms. The van der Waals surface area contributed by atoms with Gasteiger partial charge < -0.3 is 15.6 Å². The number of nitrogens with two attached hydrogens (primary N) is 1. The van der Waals surface area contributed by atoms with Crippen LogP contribution in [0.5, 0.6) is 0 Å². The maximum absolute atomic E-state index is 14.6. The van der Waals surface area contributed by atoms with Crippen molar-refractivity contribution in [3.05, 3.63) is 72.4 Å². The van der Waals surface area contributed by atoms with Gasteiger partial charge >= 0.3 is 0 Å². The van der Waals surface area contributed by atoms with E-state index < -0.39 is 15.8 Å². The van der Waals surface area contributed by atoms with Gasteiger partial charge in [-0.1, -0.05) is 6.07 Å². The molecule has 0 unspecified atom stereocenters. The molecule has 6 aromatic rings. The summed E-state index contributed by atoms with van der Waals surface area (Å²) in [5.41, 5.74) is 11.6. The minimum atomic E-state index is -3.44. The summed E-state index contributed by atoms with van der Waals surface area (Å²) in [6.45, 7) is 1.45. The van der Waals surface area contributed by atoms with E-state index in [0.717, 1.165) is 47.3 Å². The summed E-state index contributed by atoms with van der Waals surface area (Å²) in [7, 11) is -3.44. The van der Waals surface area contributed by atoms with Gasteiger partial charge in [0.1, 0.15) is 22.8 Å². The van der Waals surface area contributed by atoms with Gasteiger partial charge in [0, 0.05) is 48.4 Å². The molecule has 0 atom stereocenters. The highest BCUT2D eigenvalue weighted by molar-refractivity contribution is 7.88. The highest BCUT2D eigenvalue weighted by atomic mass is 32.2. The van der Waals surface area contributed by atoms with E-state index in [9.17, 15) is 12.8 Å². The molecule has 0 radical (unpaired) electrons. The Labute approximate surface area is 239 Å². The fraction of sp³-hybridized carbons (Fsp3) is 0.179. The van der Waals surface area contributed by atoms with Gasteiger partial charge in [-0.25, -0.2) is 27.5 Å². The van der Waals surface area contributed by atoms with Crippen molar-refractivity contribution in [2.45, 2.75) is 12.6 Å². The van der Waals surface area contributed by atoms with Gasteiger partial charge in [0.05, 0.1) is 41.1 Å². The lowest BCUT2D eigenvalue weighted by Crippen LogP contribution is -2.56. The first-order valence-electron chi connectivity index (χ1n) is 13.1. The van der Waals surface area contributed by atoms with E-state index in [0.29, 0.717) is 39.4 Å². The highest BCUT2D eigenvalue weighted by Gasteiger charge is 2.25. The molecular weight excluding hydrogens is 559 g/mol. The van der Waals surface area contributed by atoms with Crippen molar-refractivity contribution in [2.24, 2.45) is 5.73 Å². The first kappa shape index (κ1) is 26.1. The minimum absolute atomic E-state index is 0.0498. The van der Waals surface area contributed by atoms with Gasteiger partial charge in [-0.3, -0.25) is 15.1 Å². The summed E-state index contributed by atoms with van der Waals surface area (Å²) in [5, 5.41) is 8.42. The summed E-state index contributed by atoms with van der Waals surface area (Å²) in [5.74, 6) is 0.779. The monoisotopic (exact) mass is 584 g/mol.